The van der Waals surface area contributed by atoms with E-state index in [0.717, 1.165) is 5.69 Å². The zero-order chi connectivity index (χ0) is 38.6. The van der Waals surface area contributed by atoms with Crippen LogP contribution in [0.4, 0.5) is 17.1 Å². The monoisotopic (exact) mass is 707 g/mol. The Kier molecular flexibility index (Phi) is 8.07. The van der Waals surface area contributed by atoms with Gasteiger partial charge in [0.15, 0.2) is 0 Å². The van der Waals surface area contributed by atoms with Crippen LogP contribution < -0.4 is 4.90 Å². The molecule has 0 N–H and O–H groups in total. The quantitative estimate of drug-likeness (QED) is 0.176. The molecule has 1 nitrogen and oxygen atoms in total. The number of fused-ring (bicyclic) bond motifs is 6. The molecule has 54 heavy (non-hydrogen) atoms. The lowest BCUT2D eigenvalue weighted by atomic mass is 9.49. The number of nitrogens with zero attached hydrogens (tertiary/aromatic N) is 1. The molecule has 0 heterocycles. The SMILES string of the molecule is Cc1cc(C(C)(C)C)cc2c1C(C(C)(C)C)(C(C)(C)C)c1cccc(N(c3cccc(-c4ccccc4)c3)c3cccc4c3-c3ccccc3C4(C)C)c1-2. The highest BCUT2D eigenvalue weighted by Gasteiger charge is 2.59. The first-order valence-electron chi connectivity index (χ1n) is 19.9. The molecule has 0 aliphatic heterocycles. The van der Waals surface area contributed by atoms with Gasteiger partial charge in [-0.3, -0.25) is 0 Å². The minimum Gasteiger partial charge on any atom is -0.309 e. The maximum absolute atomic E-state index is 2.60. The van der Waals surface area contributed by atoms with Crippen LogP contribution in [0.25, 0.3) is 33.4 Å². The predicted octanol–water partition coefficient (Wildman–Crippen LogP) is 15.1. The van der Waals surface area contributed by atoms with Crippen LogP contribution >= 0.6 is 0 Å². The van der Waals surface area contributed by atoms with E-state index in [0.29, 0.717) is 0 Å². The summed E-state index contributed by atoms with van der Waals surface area (Å²) < 4.78 is 0. The average molecular weight is 708 g/mol. The molecule has 8 rings (SSSR count). The van der Waals surface area contributed by atoms with Gasteiger partial charge in [0.05, 0.1) is 11.4 Å². The van der Waals surface area contributed by atoms with E-state index in [1.165, 1.54) is 78.1 Å². The third-order valence-electron chi connectivity index (χ3n) is 12.8. The number of rotatable bonds is 4. The highest BCUT2D eigenvalue weighted by Crippen LogP contribution is 2.68. The van der Waals surface area contributed by atoms with Gasteiger partial charge in [-0.2, -0.15) is 0 Å². The largest absolute Gasteiger partial charge is 0.309 e. The van der Waals surface area contributed by atoms with Gasteiger partial charge >= 0.3 is 0 Å². The summed E-state index contributed by atoms with van der Waals surface area (Å²) >= 11 is 0. The van der Waals surface area contributed by atoms with Crippen molar-refractivity contribution in [2.75, 3.05) is 4.90 Å². The standard InChI is InChI=1S/C53H57N/c1-34-31-37(49(2,3)4)33-40-47-43(53(48(34)40,50(5,6)7)51(8,9)10)28-20-30-45(47)54(38-24-18-23-36(32-38)35-21-14-13-15-22-35)44-29-19-27-42-46(44)39-25-16-17-26-41(39)52(42,11)12/h13-33H,1-12H3. The molecule has 6 aromatic rings. The van der Waals surface area contributed by atoms with Crippen molar-refractivity contribution < 1.29 is 0 Å². The lowest BCUT2D eigenvalue weighted by Crippen LogP contribution is -2.50. The summed E-state index contributed by atoms with van der Waals surface area (Å²) in [4.78, 5) is 2.60. The van der Waals surface area contributed by atoms with Gasteiger partial charge in [-0.25, -0.2) is 0 Å². The van der Waals surface area contributed by atoms with Crippen LogP contribution in [-0.4, -0.2) is 0 Å². The molecule has 0 saturated carbocycles. The average Bonchev–Trinajstić information content (AvgIpc) is 3.57. The molecule has 2 aliphatic carbocycles. The van der Waals surface area contributed by atoms with Gasteiger partial charge in [-0.05, 0) is 103 Å². The van der Waals surface area contributed by atoms with E-state index < -0.39 is 0 Å². The van der Waals surface area contributed by atoms with Crippen molar-refractivity contribution in [1.82, 2.24) is 0 Å². The molecule has 0 bridgehead atoms. The molecule has 0 spiro atoms. The van der Waals surface area contributed by atoms with Crippen LogP contribution in [0.5, 0.6) is 0 Å². The van der Waals surface area contributed by atoms with Gasteiger partial charge in [0, 0.05) is 27.6 Å². The number of anilines is 3. The summed E-state index contributed by atoms with van der Waals surface area (Å²) in [7, 11) is 0. The van der Waals surface area contributed by atoms with Crippen LogP contribution in [0, 0.1) is 17.8 Å². The highest BCUT2D eigenvalue weighted by molar-refractivity contribution is 6.01. The predicted molar refractivity (Wildman–Crippen MR) is 233 cm³/mol. The maximum atomic E-state index is 2.60. The van der Waals surface area contributed by atoms with Crippen molar-refractivity contribution in [1.29, 1.82) is 0 Å². The fraction of sp³-hybridized carbons (Fsp3) is 0.321. The molecule has 0 aromatic heterocycles. The molecule has 0 atom stereocenters. The Morgan fingerprint density at radius 2 is 1.02 bits per heavy atom. The van der Waals surface area contributed by atoms with E-state index in [-0.39, 0.29) is 27.1 Å². The second kappa shape index (κ2) is 12.1. The molecule has 2 aliphatic rings. The molecule has 0 radical (unpaired) electrons. The van der Waals surface area contributed by atoms with Crippen LogP contribution in [0.1, 0.15) is 110 Å². The van der Waals surface area contributed by atoms with Crippen LogP contribution in [0.3, 0.4) is 0 Å². The smallest absolute Gasteiger partial charge is 0.0543 e. The van der Waals surface area contributed by atoms with Crippen LogP contribution in [0.2, 0.25) is 0 Å². The fourth-order valence-electron chi connectivity index (χ4n) is 10.8. The van der Waals surface area contributed by atoms with Crippen LogP contribution in [0.15, 0.2) is 127 Å². The molecule has 0 unspecified atom stereocenters. The maximum Gasteiger partial charge on any atom is 0.0543 e. The molecular weight excluding hydrogens is 651 g/mol. The van der Waals surface area contributed by atoms with E-state index in [4.69, 9.17) is 0 Å². The van der Waals surface area contributed by atoms with Crippen molar-refractivity contribution in [2.24, 2.45) is 10.8 Å². The lowest BCUT2D eigenvalue weighted by Gasteiger charge is -2.53. The summed E-state index contributed by atoms with van der Waals surface area (Å²) in [6.45, 7) is 29.0. The Labute approximate surface area is 325 Å². The zero-order valence-electron chi connectivity index (χ0n) is 34.6. The van der Waals surface area contributed by atoms with Crippen molar-refractivity contribution >= 4 is 17.1 Å². The number of benzene rings is 6. The molecular formula is C53H57N. The molecule has 6 aromatic carbocycles. The van der Waals surface area contributed by atoms with E-state index in [1.807, 2.05) is 0 Å². The second-order valence-corrected chi connectivity index (χ2v) is 19.5. The van der Waals surface area contributed by atoms with Gasteiger partial charge in [-0.1, -0.05) is 179 Å². The van der Waals surface area contributed by atoms with Gasteiger partial charge in [0.1, 0.15) is 0 Å². The Hall–Kier alpha value is -4.88. The van der Waals surface area contributed by atoms with E-state index in [9.17, 15) is 0 Å². The Balaban J connectivity index is 1.53. The summed E-state index contributed by atoms with van der Waals surface area (Å²) in [5.41, 5.74) is 19.4. The minimum absolute atomic E-state index is 0.00284. The summed E-state index contributed by atoms with van der Waals surface area (Å²) in [6.07, 6.45) is 0. The lowest BCUT2D eigenvalue weighted by molar-refractivity contribution is 0.0944. The number of hydrogen-bond donors (Lipinski definition) is 0. The first-order chi connectivity index (χ1) is 25.4. The molecule has 0 fully saturated rings. The van der Waals surface area contributed by atoms with Gasteiger partial charge in [0.2, 0.25) is 0 Å². The van der Waals surface area contributed by atoms with Gasteiger partial charge in [-0.15, -0.1) is 0 Å². The molecule has 0 saturated heterocycles. The van der Waals surface area contributed by atoms with Crippen molar-refractivity contribution in [3.63, 3.8) is 0 Å². The Morgan fingerprint density at radius 3 is 1.65 bits per heavy atom. The van der Waals surface area contributed by atoms with E-state index in [1.54, 1.807) is 0 Å². The molecule has 0 amide bonds. The van der Waals surface area contributed by atoms with Crippen molar-refractivity contribution in [2.45, 2.75) is 99.3 Å². The Bertz CT molecular complexity index is 2410. The third kappa shape index (κ3) is 5.10. The number of aryl methyl sites for hydroxylation is 1. The second-order valence-electron chi connectivity index (χ2n) is 19.5. The zero-order valence-corrected chi connectivity index (χ0v) is 34.6. The summed E-state index contributed by atoms with van der Waals surface area (Å²) in [6, 6.07) is 48.3. The van der Waals surface area contributed by atoms with Crippen LogP contribution in [-0.2, 0) is 16.2 Å². The fourth-order valence-corrected chi connectivity index (χ4v) is 10.8. The third-order valence-corrected chi connectivity index (χ3v) is 12.8. The first kappa shape index (κ1) is 36.1. The van der Waals surface area contributed by atoms with Gasteiger partial charge < -0.3 is 4.90 Å². The van der Waals surface area contributed by atoms with Crippen molar-refractivity contribution in [3.8, 4) is 33.4 Å². The van der Waals surface area contributed by atoms with Crippen molar-refractivity contribution in [3.05, 3.63) is 161 Å². The normalized spacial score (nSPS) is 15.3. The molecule has 274 valence electrons. The highest BCUT2D eigenvalue weighted by atomic mass is 15.1. The first-order valence-corrected chi connectivity index (χ1v) is 19.9. The Morgan fingerprint density at radius 1 is 0.481 bits per heavy atom. The van der Waals surface area contributed by atoms with E-state index in [2.05, 4.69) is 215 Å². The molecule has 1 heteroatoms. The topological polar surface area (TPSA) is 3.24 Å². The summed E-state index contributed by atoms with van der Waals surface area (Å²) in [5.74, 6) is 0. The minimum atomic E-state index is -0.244. The van der Waals surface area contributed by atoms with Gasteiger partial charge in [0.25, 0.3) is 0 Å². The van der Waals surface area contributed by atoms with E-state index >= 15 is 0 Å². The summed E-state index contributed by atoms with van der Waals surface area (Å²) in [5, 5.41) is 0. The number of hydrogen-bond acceptors (Lipinski definition) is 1.